The highest BCUT2D eigenvalue weighted by atomic mass is 19.1. The van der Waals surface area contributed by atoms with E-state index in [2.05, 4.69) is 15.5 Å². The fraction of sp³-hybridized carbons (Fsp3) is 0.412. The number of urea groups is 1. The fourth-order valence-electron chi connectivity index (χ4n) is 3.09. The first-order valence-electron chi connectivity index (χ1n) is 8.25. The predicted molar refractivity (Wildman–Crippen MR) is 89.4 cm³/mol. The van der Waals surface area contributed by atoms with Gasteiger partial charge in [-0.25, -0.2) is 9.18 Å². The molecule has 25 heavy (non-hydrogen) atoms. The SMILES string of the molecule is CCn1cnnc1[C@H]1CCCN(C(=O)Nc2ccc(F)c(C#N)c2)C1. The van der Waals surface area contributed by atoms with Gasteiger partial charge >= 0.3 is 6.03 Å². The van der Waals surface area contributed by atoms with Crippen LogP contribution in [0.15, 0.2) is 24.5 Å². The van der Waals surface area contributed by atoms with Gasteiger partial charge in [-0.3, -0.25) is 0 Å². The molecule has 0 saturated carbocycles. The van der Waals surface area contributed by atoms with E-state index in [0.29, 0.717) is 18.8 Å². The van der Waals surface area contributed by atoms with Crippen molar-refractivity contribution in [1.29, 1.82) is 5.26 Å². The summed E-state index contributed by atoms with van der Waals surface area (Å²) in [4.78, 5) is 14.2. The maximum atomic E-state index is 13.4. The first-order chi connectivity index (χ1) is 12.1. The minimum atomic E-state index is -0.600. The number of benzene rings is 1. The largest absolute Gasteiger partial charge is 0.324 e. The summed E-state index contributed by atoms with van der Waals surface area (Å²) in [6.45, 7) is 4.02. The molecule has 0 unspecified atom stereocenters. The number of aryl methyl sites for hydroxylation is 1. The van der Waals surface area contributed by atoms with E-state index in [1.807, 2.05) is 11.5 Å². The molecule has 1 N–H and O–H groups in total. The molecule has 1 aliphatic rings. The Balaban J connectivity index is 1.69. The Labute approximate surface area is 145 Å². The standard InChI is InChI=1S/C17H19FN6O/c1-2-23-11-20-22-16(23)12-4-3-7-24(10-12)17(25)21-14-5-6-15(18)13(8-14)9-19/h5-6,8,11-12H,2-4,7,10H2,1H3,(H,21,25)/t12-/m0/s1. The average molecular weight is 342 g/mol. The van der Waals surface area contributed by atoms with E-state index in [1.54, 1.807) is 17.3 Å². The van der Waals surface area contributed by atoms with E-state index in [-0.39, 0.29) is 17.5 Å². The monoisotopic (exact) mass is 342 g/mol. The van der Waals surface area contributed by atoms with Gasteiger partial charge in [-0.1, -0.05) is 0 Å². The quantitative estimate of drug-likeness (QED) is 0.929. The molecular formula is C17H19FN6O. The maximum absolute atomic E-state index is 13.4. The highest BCUT2D eigenvalue weighted by Gasteiger charge is 2.27. The molecule has 1 fully saturated rings. The summed E-state index contributed by atoms with van der Waals surface area (Å²) in [5.74, 6) is 0.441. The van der Waals surface area contributed by atoms with Gasteiger partial charge in [0, 0.05) is 31.2 Å². The van der Waals surface area contributed by atoms with E-state index in [1.165, 1.54) is 18.2 Å². The number of nitrogens with zero attached hydrogens (tertiary/aromatic N) is 5. The number of rotatable bonds is 3. The first kappa shape index (κ1) is 16.9. The second-order valence-electron chi connectivity index (χ2n) is 6.00. The van der Waals surface area contributed by atoms with Crippen LogP contribution in [0.1, 0.15) is 37.1 Å². The lowest BCUT2D eigenvalue weighted by Gasteiger charge is -2.32. The van der Waals surface area contributed by atoms with Crippen LogP contribution in [0.2, 0.25) is 0 Å². The van der Waals surface area contributed by atoms with Crippen molar-refractivity contribution in [3.8, 4) is 6.07 Å². The minimum absolute atomic E-state index is 0.0923. The molecule has 1 saturated heterocycles. The van der Waals surface area contributed by atoms with Crippen molar-refractivity contribution < 1.29 is 9.18 Å². The number of anilines is 1. The second-order valence-corrected chi connectivity index (χ2v) is 6.00. The summed E-state index contributed by atoms with van der Waals surface area (Å²) in [6.07, 6.45) is 3.54. The van der Waals surface area contributed by atoms with Crippen LogP contribution in [0.5, 0.6) is 0 Å². The van der Waals surface area contributed by atoms with Crippen molar-refractivity contribution in [1.82, 2.24) is 19.7 Å². The van der Waals surface area contributed by atoms with Crippen molar-refractivity contribution >= 4 is 11.7 Å². The van der Waals surface area contributed by atoms with Crippen LogP contribution in [-0.2, 0) is 6.54 Å². The van der Waals surface area contributed by atoms with Gasteiger partial charge in [0.25, 0.3) is 0 Å². The molecule has 0 aliphatic carbocycles. The number of likely N-dealkylation sites (tertiary alicyclic amines) is 1. The fourth-order valence-corrected chi connectivity index (χ4v) is 3.09. The van der Waals surface area contributed by atoms with E-state index in [0.717, 1.165) is 25.2 Å². The molecule has 2 amide bonds. The Morgan fingerprint density at radius 2 is 2.36 bits per heavy atom. The van der Waals surface area contributed by atoms with Gasteiger partial charge in [0.1, 0.15) is 24.0 Å². The van der Waals surface area contributed by atoms with Crippen LogP contribution in [0.4, 0.5) is 14.9 Å². The van der Waals surface area contributed by atoms with Gasteiger partial charge in [-0.15, -0.1) is 10.2 Å². The average Bonchev–Trinajstić information content (AvgIpc) is 3.12. The number of piperidine rings is 1. The van der Waals surface area contributed by atoms with Gasteiger partial charge in [0.05, 0.1) is 5.56 Å². The number of hydrogen-bond acceptors (Lipinski definition) is 4. The molecular weight excluding hydrogens is 323 g/mol. The van der Waals surface area contributed by atoms with Crippen LogP contribution in [-0.4, -0.2) is 38.8 Å². The summed E-state index contributed by atoms with van der Waals surface area (Å²) in [5, 5.41) is 19.8. The van der Waals surface area contributed by atoms with Gasteiger partial charge in [0.15, 0.2) is 0 Å². The van der Waals surface area contributed by atoms with Crippen molar-refractivity contribution in [3.05, 3.63) is 41.7 Å². The number of aromatic nitrogens is 3. The molecule has 7 nitrogen and oxygen atoms in total. The van der Waals surface area contributed by atoms with Gasteiger partial charge < -0.3 is 14.8 Å². The number of halogens is 1. The summed E-state index contributed by atoms with van der Waals surface area (Å²) < 4.78 is 15.4. The molecule has 0 spiro atoms. The third-order valence-electron chi connectivity index (χ3n) is 4.40. The lowest BCUT2D eigenvalue weighted by atomic mass is 9.97. The Bertz CT molecular complexity index is 812. The van der Waals surface area contributed by atoms with Crippen LogP contribution < -0.4 is 5.32 Å². The van der Waals surface area contributed by atoms with E-state index in [4.69, 9.17) is 5.26 Å². The van der Waals surface area contributed by atoms with Crippen LogP contribution in [0.3, 0.4) is 0 Å². The Morgan fingerprint density at radius 1 is 1.52 bits per heavy atom. The van der Waals surface area contributed by atoms with E-state index in [9.17, 15) is 9.18 Å². The molecule has 2 aromatic rings. The number of nitriles is 1. The highest BCUT2D eigenvalue weighted by Crippen LogP contribution is 2.26. The van der Waals surface area contributed by atoms with Crippen LogP contribution in [0, 0.1) is 17.1 Å². The predicted octanol–water partition coefficient (Wildman–Crippen LogP) is 2.72. The molecule has 1 aliphatic heterocycles. The summed E-state index contributed by atoms with van der Waals surface area (Å²) in [6, 6.07) is 5.47. The topological polar surface area (TPSA) is 86.8 Å². The molecule has 1 atom stereocenters. The third kappa shape index (κ3) is 3.60. The Hall–Kier alpha value is -2.95. The lowest BCUT2D eigenvalue weighted by molar-refractivity contribution is 0.190. The minimum Gasteiger partial charge on any atom is -0.324 e. The van der Waals surface area contributed by atoms with E-state index >= 15 is 0 Å². The highest BCUT2D eigenvalue weighted by molar-refractivity contribution is 5.89. The summed E-state index contributed by atoms with van der Waals surface area (Å²) in [7, 11) is 0. The maximum Gasteiger partial charge on any atom is 0.321 e. The number of carbonyl (C=O) groups excluding carboxylic acids is 1. The zero-order valence-corrected chi connectivity index (χ0v) is 13.9. The Morgan fingerprint density at radius 3 is 3.12 bits per heavy atom. The van der Waals surface area contributed by atoms with Crippen LogP contribution in [0.25, 0.3) is 0 Å². The van der Waals surface area contributed by atoms with E-state index < -0.39 is 5.82 Å². The van der Waals surface area contributed by atoms with Crippen molar-refractivity contribution in [2.24, 2.45) is 0 Å². The van der Waals surface area contributed by atoms with Gasteiger partial charge in [-0.05, 0) is 38.0 Å². The second kappa shape index (κ2) is 7.30. The molecule has 0 bridgehead atoms. The third-order valence-corrected chi connectivity index (χ3v) is 4.40. The molecule has 0 radical (unpaired) electrons. The summed E-state index contributed by atoms with van der Waals surface area (Å²) in [5.41, 5.74) is 0.312. The van der Waals surface area contributed by atoms with Crippen molar-refractivity contribution in [2.45, 2.75) is 32.2 Å². The molecule has 2 heterocycles. The number of nitrogens with one attached hydrogen (secondary N) is 1. The van der Waals surface area contributed by atoms with Crippen molar-refractivity contribution in [3.63, 3.8) is 0 Å². The number of hydrogen-bond donors (Lipinski definition) is 1. The summed E-state index contributed by atoms with van der Waals surface area (Å²) >= 11 is 0. The molecule has 3 rings (SSSR count). The molecule has 1 aromatic heterocycles. The molecule has 1 aromatic carbocycles. The first-order valence-corrected chi connectivity index (χ1v) is 8.25. The normalized spacial score (nSPS) is 17.2. The van der Waals surface area contributed by atoms with Gasteiger partial charge in [-0.2, -0.15) is 5.26 Å². The van der Waals surface area contributed by atoms with Crippen molar-refractivity contribution in [2.75, 3.05) is 18.4 Å². The zero-order chi connectivity index (χ0) is 17.8. The zero-order valence-electron chi connectivity index (χ0n) is 13.9. The number of amides is 2. The molecule has 130 valence electrons. The van der Waals surface area contributed by atoms with Crippen LogP contribution >= 0.6 is 0 Å². The van der Waals surface area contributed by atoms with Gasteiger partial charge in [0.2, 0.25) is 0 Å². The number of carbonyl (C=O) groups is 1. The smallest absolute Gasteiger partial charge is 0.321 e. The molecule has 8 heteroatoms. The Kier molecular flexibility index (Phi) is 4.93. The lowest BCUT2D eigenvalue weighted by Crippen LogP contribution is -2.42.